The summed E-state index contributed by atoms with van der Waals surface area (Å²) in [4.78, 5) is 14.2. The Morgan fingerprint density at radius 2 is 1.81 bits per heavy atom. The second-order valence-electron chi connectivity index (χ2n) is 4.31. The van der Waals surface area contributed by atoms with Gasteiger partial charge in [-0.15, -0.1) is 0 Å². The fourth-order valence-electron chi connectivity index (χ4n) is 1.91. The summed E-state index contributed by atoms with van der Waals surface area (Å²) < 4.78 is 19.2. The van der Waals surface area contributed by atoms with Crippen LogP contribution in [-0.2, 0) is 0 Å². The van der Waals surface area contributed by atoms with Crippen molar-refractivity contribution in [3.63, 3.8) is 0 Å². The van der Waals surface area contributed by atoms with E-state index in [1.807, 2.05) is 0 Å². The van der Waals surface area contributed by atoms with Crippen molar-refractivity contribution in [2.75, 3.05) is 0 Å². The highest BCUT2D eigenvalue weighted by atomic mass is 19.1. The van der Waals surface area contributed by atoms with Crippen LogP contribution in [0.25, 0.3) is 22.8 Å². The molecule has 0 aliphatic rings. The number of aromatic nitrogens is 1. The molecule has 0 amide bonds. The predicted octanol–water partition coefficient (Wildman–Crippen LogP) is 4.06. The van der Waals surface area contributed by atoms with Gasteiger partial charge in [0.1, 0.15) is 5.82 Å². The molecule has 0 aliphatic carbocycles. The Hall–Kier alpha value is -3.02. The highest BCUT2D eigenvalue weighted by Crippen LogP contribution is 2.28. The highest BCUT2D eigenvalue weighted by molar-refractivity contribution is 5.62. The molecule has 0 fully saturated rings. The van der Waals surface area contributed by atoms with Crippen LogP contribution in [0.15, 0.2) is 59.1 Å². The number of oxazole rings is 1. The molecular weight excluding hydrogens is 275 g/mol. The smallest absolute Gasteiger partial charge is 0.269 e. The normalized spacial score (nSPS) is 10.5. The standard InChI is InChI=1S/C15H9FN2O3/c16-13-4-2-1-3-12(13)15-17-9-14(21-15)10-5-7-11(8-6-10)18(19)20/h1-9H. The van der Waals surface area contributed by atoms with E-state index in [-0.39, 0.29) is 17.1 Å². The van der Waals surface area contributed by atoms with E-state index >= 15 is 0 Å². The van der Waals surface area contributed by atoms with E-state index in [4.69, 9.17) is 4.42 Å². The lowest BCUT2D eigenvalue weighted by molar-refractivity contribution is -0.384. The molecule has 5 nitrogen and oxygen atoms in total. The third-order valence-electron chi connectivity index (χ3n) is 2.97. The van der Waals surface area contributed by atoms with E-state index in [2.05, 4.69) is 4.98 Å². The Labute approximate surface area is 118 Å². The van der Waals surface area contributed by atoms with Crippen molar-refractivity contribution in [2.24, 2.45) is 0 Å². The zero-order chi connectivity index (χ0) is 14.8. The number of nitrogens with zero attached hydrogens (tertiary/aromatic N) is 2. The van der Waals surface area contributed by atoms with E-state index in [1.54, 1.807) is 30.3 Å². The van der Waals surface area contributed by atoms with E-state index in [0.717, 1.165) is 0 Å². The first-order valence-corrected chi connectivity index (χ1v) is 6.11. The van der Waals surface area contributed by atoms with Gasteiger partial charge < -0.3 is 4.42 Å². The number of nitro groups is 1. The minimum atomic E-state index is -0.477. The van der Waals surface area contributed by atoms with Crippen LogP contribution < -0.4 is 0 Å². The van der Waals surface area contributed by atoms with Crippen molar-refractivity contribution in [1.82, 2.24) is 4.98 Å². The van der Waals surface area contributed by atoms with Crippen molar-refractivity contribution in [2.45, 2.75) is 0 Å². The fourth-order valence-corrected chi connectivity index (χ4v) is 1.91. The van der Waals surface area contributed by atoms with Crippen molar-refractivity contribution in [1.29, 1.82) is 0 Å². The second kappa shape index (κ2) is 5.16. The molecule has 1 heterocycles. The molecule has 1 aromatic heterocycles. The maximum Gasteiger partial charge on any atom is 0.269 e. The first kappa shape index (κ1) is 13.0. The summed E-state index contributed by atoms with van der Waals surface area (Å²) in [7, 11) is 0. The molecule has 0 unspecified atom stereocenters. The van der Waals surface area contributed by atoms with Gasteiger partial charge in [-0.2, -0.15) is 0 Å². The van der Waals surface area contributed by atoms with Crippen LogP contribution in [0.2, 0.25) is 0 Å². The second-order valence-corrected chi connectivity index (χ2v) is 4.31. The lowest BCUT2D eigenvalue weighted by Gasteiger charge is -1.98. The van der Waals surface area contributed by atoms with E-state index in [9.17, 15) is 14.5 Å². The molecule has 0 atom stereocenters. The topological polar surface area (TPSA) is 69.2 Å². The Morgan fingerprint density at radius 3 is 2.48 bits per heavy atom. The Kier molecular flexibility index (Phi) is 3.19. The van der Waals surface area contributed by atoms with Gasteiger partial charge in [0.15, 0.2) is 5.76 Å². The van der Waals surface area contributed by atoms with Crippen LogP contribution >= 0.6 is 0 Å². The Bertz CT molecular complexity index is 797. The maximum atomic E-state index is 13.7. The molecule has 0 saturated carbocycles. The van der Waals surface area contributed by atoms with Crippen molar-refractivity contribution in [3.05, 3.63) is 70.7 Å². The predicted molar refractivity (Wildman–Crippen MR) is 74.0 cm³/mol. The number of rotatable bonds is 3. The van der Waals surface area contributed by atoms with Crippen molar-refractivity contribution < 1.29 is 13.7 Å². The summed E-state index contributed by atoms with van der Waals surface area (Å²) in [5, 5.41) is 10.6. The number of halogens is 1. The monoisotopic (exact) mass is 284 g/mol. The SMILES string of the molecule is O=[N+]([O-])c1ccc(-c2cnc(-c3ccccc3F)o2)cc1. The maximum absolute atomic E-state index is 13.7. The highest BCUT2D eigenvalue weighted by Gasteiger charge is 2.13. The zero-order valence-electron chi connectivity index (χ0n) is 10.7. The first-order valence-electron chi connectivity index (χ1n) is 6.11. The van der Waals surface area contributed by atoms with Crippen LogP contribution in [0, 0.1) is 15.9 Å². The van der Waals surface area contributed by atoms with Crippen molar-refractivity contribution in [3.8, 4) is 22.8 Å². The van der Waals surface area contributed by atoms with E-state index < -0.39 is 10.7 Å². The summed E-state index contributed by atoms with van der Waals surface area (Å²) in [5.41, 5.74) is 0.897. The Morgan fingerprint density at radius 1 is 1.10 bits per heavy atom. The van der Waals surface area contributed by atoms with Crippen LogP contribution in [0.5, 0.6) is 0 Å². The van der Waals surface area contributed by atoms with E-state index in [1.165, 1.54) is 24.4 Å². The molecule has 3 aromatic rings. The van der Waals surface area contributed by atoms with Gasteiger partial charge in [-0.3, -0.25) is 10.1 Å². The molecule has 0 saturated heterocycles. The number of benzene rings is 2. The molecule has 0 bridgehead atoms. The average molecular weight is 284 g/mol. The van der Waals surface area contributed by atoms with Gasteiger partial charge in [-0.25, -0.2) is 9.37 Å². The molecular formula is C15H9FN2O3. The Balaban J connectivity index is 1.95. The average Bonchev–Trinajstić information content (AvgIpc) is 2.97. The van der Waals surface area contributed by atoms with Crippen LogP contribution in [0.3, 0.4) is 0 Å². The van der Waals surface area contributed by atoms with Crippen LogP contribution in [-0.4, -0.2) is 9.91 Å². The lowest BCUT2D eigenvalue weighted by atomic mass is 10.2. The molecule has 104 valence electrons. The van der Waals surface area contributed by atoms with Crippen molar-refractivity contribution >= 4 is 5.69 Å². The zero-order valence-corrected chi connectivity index (χ0v) is 10.7. The quantitative estimate of drug-likeness (QED) is 0.537. The largest absolute Gasteiger partial charge is 0.436 e. The number of nitro benzene ring substituents is 1. The molecule has 0 aliphatic heterocycles. The van der Waals surface area contributed by atoms with Crippen LogP contribution in [0.1, 0.15) is 0 Å². The van der Waals surface area contributed by atoms with Gasteiger partial charge in [-0.1, -0.05) is 12.1 Å². The van der Waals surface area contributed by atoms with Gasteiger partial charge in [0.25, 0.3) is 5.69 Å². The number of non-ortho nitro benzene ring substituents is 1. The lowest BCUT2D eigenvalue weighted by Crippen LogP contribution is -1.86. The molecule has 0 spiro atoms. The number of hydrogen-bond acceptors (Lipinski definition) is 4. The minimum Gasteiger partial charge on any atom is -0.436 e. The van der Waals surface area contributed by atoms with Gasteiger partial charge in [0.2, 0.25) is 5.89 Å². The minimum absolute atomic E-state index is 0.00686. The van der Waals surface area contributed by atoms with Gasteiger partial charge in [0, 0.05) is 17.7 Å². The summed E-state index contributed by atoms with van der Waals surface area (Å²) in [6.45, 7) is 0. The third kappa shape index (κ3) is 2.51. The molecule has 3 rings (SSSR count). The third-order valence-corrected chi connectivity index (χ3v) is 2.97. The number of hydrogen-bond donors (Lipinski definition) is 0. The summed E-state index contributed by atoms with van der Waals surface area (Å²) in [6.07, 6.45) is 1.46. The van der Waals surface area contributed by atoms with E-state index in [0.29, 0.717) is 11.3 Å². The molecule has 0 radical (unpaired) electrons. The van der Waals surface area contributed by atoms with Gasteiger partial charge >= 0.3 is 0 Å². The first-order chi connectivity index (χ1) is 10.1. The van der Waals surface area contributed by atoms with Gasteiger partial charge in [0.05, 0.1) is 16.7 Å². The fraction of sp³-hybridized carbons (Fsp3) is 0. The summed E-state index contributed by atoms with van der Waals surface area (Å²) >= 11 is 0. The van der Waals surface area contributed by atoms with Gasteiger partial charge in [-0.05, 0) is 24.3 Å². The van der Waals surface area contributed by atoms with Crippen LogP contribution in [0.4, 0.5) is 10.1 Å². The molecule has 0 N–H and O–H groups in total. The summed E-state index contributed by atoms with van der Waals surface area (Å²) in [6, 6.07) is 12.0. The molecule has 21 heavy (non-hydrogen) atoms. The summed E-state index contributed by atoms with van der Waals surface area (Å²) in [5.74, 6) is 0.166. The molecule has 2 aromatic carbocycles. The molecule has 6 heteroatoms.